The number of amides is 1. The molecule has 0 saturated carbocycles. The van der Waals surface area contributed by atoms with Gasteiger partial charge >= 0.3 is 0 Å². The van der Waals surface area contributed by atoms with Crippen molar-refractivity contribution in [3.8, 4) is 0 Å². The molecule has 148 valence electrons. The molecule has 2 aliphatic rings. The fourth-order valence-corrected chi connectivity index (χ4v) is 4.58. The first kappa shape index (κ1) is 20.3. The van der Waals surface area contributed by atoms with Gasteiger partial charge in [-0.05, 0) is 49.2 Å². The molecule has 0 aromatic heterocycles. The van der Waals surface area contributed by atoms with Crippen LogP contribution < -0.4 is 11.1 Å². The summed E-state index contributed by atoms with van der Waals surface area (Å²) in [6, 6.07) is 13.6. The van der Waals surface area contributed by atoms with Gasteiger partial charge < -0.3 is 16.0 Å². The molecule has 2 heterocycles. The Morgan fingerprint density at radius 3 is 2.57 bits per heavy atom. The van der Waals surface area contributed by atoms with Crippen LogP contribution in [0.15, 0.2) is 57.8 Å². The van der Waals surface area contributed by atoms with Crippen LogP contribution in [-0.4, -0.2) is 44.2 Å². The van der Waals surface area contributed by atoms with E-state index in [0.717, 1.165) is 19.4 Å². The zero-order chi connectivity index (χ0) is 19.0. The summed E-state index contributed by atoms with van der Waals surface area (Å²) in [5.74, 6) is 0.245. The number of piperidine rings is 1. The van der Waals surface area contributed by atoms with Gasteiger partial charge in [0.25, 0.3) is 15.9 Å². The van der Waals surface area contributed by atoms with Crippen molar-refractivity contribution in [2.24, 2.45) is 10.1 Å². The predicted octanol–water partition coefficient (Wildman–Crippen LogP) is 2.23. The van der Waals surface area contributed by atoms with Gasteiger partial charge in [-0.3, -0.25) is 4.79 Å². The first-order chi connectivity index (χ1) is 12.9. The van der Waals surface area contributed by atoms with E-state index in [1.807, 2.05) is 0 Å². The van der Waals surface area contributed by atoms with Crippen molar-refractivity contribution in [1.29, 1.82) is 0 Å². The van der Waals surface area contributed by atoms with Gasteiger partial charge in [0, 0.05) is 35.9 Å². The summed E-state index contributed by atoms with van der Waals surface area (Å²) in [7, 11) is -3.66. The van der Waals surface area contributed by atoms with E-state index >= 15 is 0 Å². The molecule has 0 spiro atoms. The molecule has 0 radical (unpaired) electrons. The molecule has 2 aliphatic heterocycles. The third-order valence-corrected chi connectivity index (χ3v) is 6.11. The summed E-state index contributed by atoms with van der Waals surface area (Å²) in [6.07, 6.45) is 1.86. The fourth-order valence-electron chi connectivity index (χ4n) is 3.41. The smallest absolute Gasteiger partial charge is 0.285 e. The number of sulfonamides is 1. The number of carbonyl (C=O) groups is 1. The predicted molar refractivity (Wildman–Crippen MR) is 111 cm³/mol. The molecule has 3 N–H and O–H groups in total. The lowest BCUT2D eigenvalue weighted by atomic mass is 10.1. The number of hydrogen-bond donors (Lipinski definition) is 2. The Bertz CT molecular complexity index is 1020. The number of nitrogens with two attached hydrogens (primary N) is 1. The van der Waals surface area contributed by atoms with Gasteiger partial charge in [0.1, 0.15) is 4.90 Å². The van der Waals surface area contributed by atoms with Gasteiger partial charge in [0.05, 0.1) is 0 Å². The number of benzene rings is 2. The SMILES string of the molecule is Cl.NC1CCCN(C(=O)c2ccc(NC3=NS(=O)(=O)c4ccccc43)cc2)C1. The number of nitrogens with zero attached hydrogens (tertiary/aromatic N) is 2. The normalized spacial score (nSPS) is 20.0. The largest absolute Gasteiger partial charge is 0.339 e. The highest BCUT2D eigenvalue weighted by Crippen LogP contribution is 2.26. The number of rotatable bonds is 2. The van der Waals surface area contributed by atoms with E-state index in [1.165, 1.54) is 6.07 Å². The van der Waals surface area contributed by atoms with E-state index in [2.05, 4.69) is 9.71 Å². The summed E-state index contributed by atoms with van der Waals surface area (Å²) in [5, 5.41) is 3.03. The van der Waals surface area contributed by atoms with E-state index in [-0.39, 0.29) is 35.1 Å². The van der Waals surface area contributed by atoms with Gasteiger partial charge in [-0.25, -0.2) is 0 Å². The minimum Gasteiger partial charge on any atom is -0.339 e. The summed E-state index contributed by atoms with van der Waals surface area (Å²) in [4.78, 5) is 14.6. The third-order valence-electron chi connectivity index (χ3n) is 4.77. The Balaban J connectivity index is 0.00000225. The number of anilines is 1. The molecule has 7 nitrogen and oxygen atoms in total. The monoisotopic (exact) mass is 420 g/mol. The van der Waals surface area contributed by atoms with Gasteiger partial charge in [0.2, 0.25) is 0 Å². The molecule has 1 unspecified atom stereocenters. The van der Waals surface area contributed by atoms with Crippen molar-refractivity contribution in [2.45, 2.75) is 23.8 Å². The maximum absolute atomic E-state index is 12.6. The molecule has 2 aromatic carbocycles. The quantitative estimate of drug-likeness (QED) is 0.775. The first-order valence-electron chi connectivity index (χ1n) is 8.80. The molecule has 9 heteroatoms. The molecule has 2 aromatic rings. The minimum absolute atomic E-state index is 0. The number of amidine groups is 1. The lowest BCUT2D eigenvalue weighted by Gasteiger charge is -2.30. The van der Waals surface area contributed by atoms with Crippen molar-refractivity contribution < 1.29 is 13.2 Å². The molecule has 0 bridgehead atoms. The fraction of sp³-hybridized carbons (Fsp3) is 0.263. The van der Waals surface area contributed by atoms with Crippen LogP contribution >= 0.6 is 12.4 Å². The summed E-state index contributed by atoms with van der Waals surface area (Å²) in [6.45, 7) is 1.29. The maximum Gasteiger partial charge on any atom is 0.285 e. The average molecular weight is 421 g/mol. The van der Waals surface area contributed by atoms with Crippen molar-refractivity contribution in [3.63, 3.8) is 0 Å². The standard InChI is InChI=1S/C19H20N4O3S.ClH/c20-14-4-3-11-23(12-14)19(24)13-7-9-15(10-8-13)21-18-16-5-1-2-6-17(16)27(25,26)22-18;/h1-2,5-10,14H,3-4,11-12,20H2,(H,21,22);1H. The van der Waals surface area contributed by atoms with Crippen molar-refractivity contribution >= 4 is 39.9 Å². The second-order valence-electron chi connectivity index (χ2n) is 6.77. The molecule has 1 saturated heterocycles. The summed E-state index contributed by atoms with van der Waals surface area (Å²) < 4.78 is 28.0. The Kier molecular flexibility index (Phi) is 5.74. The zero-order valence-electron chi connectivity index (χ0n) is 15.0. The van der Waals surface area contributed by atoms with Crippen LogP contribution in [0, 0.1) is 0 Å². The van der Waals surface area contributed by atoms with Crippen LogP contribution in [0.5, 0.6) is 0 Å². The highest BCUT2D eigenvalue weighted by atomic mass is 35.5. The lowest BCUT2D eigenvalue weighted by Crippen LogP contribution is -2.45. The van der Waals surface area contributed by atoms with Gasteiger partial charge in [0.15, 0.2) is 5.84 Å². The second kappa shape index (κ2) is 7.90. The van der Waals surface area contributed by atoms with Crippen LogP contribution in [0.2, 0.25) is 0 Å². The van der Waals surface area contributed by atoms with Gasteiger partial charge in [-0.1, -0.05) is 12.1 Å². The summed E-state index contributed by atoms with van der Waals surface area (Å²) in [5.41, 5.74) is 7.73. The topological polar surface area (TPSA) is 105 Å². The number of hydrogen-bond acceptors (Lipinski definition) is 5. The van der Waals surface area contributed by atoms with Crippen molar-refractivity contribution in [1.82, 2.24) is 4.90 Å². The summed E-state index contributed by atoms with van der Waals surface area (Å²) >= 11 is 0. The van der Waals surface area contributed by atoms with E-state index in [0.29, 0.717) is 23.4 Å². The molecular formula is C19H21ClN4O3S. The van der Waals surface area contributed by atoms with E-state index in [9.17, 15) is 13.2 Å². The molecule has 0 aliphatic carbocycles. The van der Waals surface area contributed by atoms with Crippen LogP contribution in [0.25, 0.3) is 0 Å². The average Bonchev–Trinajstić information content (AvgIpc) is 2.92. The third kappa shape index (κ3) is 3.89. The van der Waals surface area contributed by atoms with E-state index in [4.69, 9.17) is 5.73 Å². The first-order valence-corrected chi connectivity index (χ1v) is 10.2. The number of likely N-dealkylation sites (tertiary alicyclic amines) is 1. The highest BCUT2D eigenvalue weighted by molar-refractivity contribution is 7.90. The second-order valence-corrected chi connectivity index (χ2v) is 8.34. The Morgan fingerprint density at radius 2 is 1.86 bits per heavy atom. The van der Waals surface area contributed by atoms with Crippen molar-refractivity contribution in [3.05, 3.63) is 59.7 Å². The van der Waals surface area contributed by atoms with Gasteiger partial charge in [-0.2, -0.15) is 8.42 Å². The van der Waals surface area contributed by atoms with Crippen LogP contribution in [-0.2, 0) is 10.0 Å². The number of carbonyl (C=O) groups excluding carboxylic acids is 1. The number of nitrogens with one attached hydrogen (secondary N) is 1. The van der Waals surface area contributed by atoms with Crippen LogP contribution in [0.3, 0.4) is 0 Å². The molecular weight excluding hydrogens is 400 g/mol. The Morgan fingerprint density at radius 1 is 1.14 bits per heavy atom. The molecule has 1 fully saturated rings. The van der Waals surface area contributed by atoms with Crippen LogP contribution in [0.4, 0.5) is 5.69 Å². The van der Waals surface area contributed by atoms with Gasteiger partial charge in [-0.15, -0.1) is 16.8 Å². The van der Waals surface area contributed by atoms with Crippen LogP contribution in [0.1, 0.15) is 28.8 Å². The number of fused-ring (bicyclic) bond motifs is 1. The Labute approximate surface area is 170 Å². The molecule has 28 heavy (non-hydrogen) atoms. The molecule has 4 rings (SSSR count). The minimum atomic E-state index is -3.66. The van der Waals surface area contributed by atoms with E-state index in [1.54, 1.807) is 47.4 Å². The van der Waals surface area contributed by atoms with E-state index < -0.39 is 10.0 Å². The number of halogens is 1. The van der Waals surface area contributed by atoms with Crippen molar-refractivity contribution in [2.75, 3.05) is 18.4 Å². The lowest BCUT2D eigenvalue weighted by molar-refractivity contribution is 0.0709. The molecule has 1 atom stereocenters. The molecule has 1 amide bonds. The highest BCUT2D eigenvalue weighted by Gasteiger charge is 2.28. The zero-order valence-corrected chi connectivity index (χ0v) is 16.7. The maximum atomic E-state index is 12.6. The Hall–Kier alpha value is -2.42.